The second kappa shape index (κ2) is 7.75. The maximum absolute atomic E-state index is 9.53. The summed E-state index contributed by atoms with van der Waals surface area (Å²) in [5.74, 6) is 0. The van der Waals surface area contributed by atoms with E-state index in [4.69, 9.17) is 0 Å². The lowest BCUT2D eigenvalue weighted by molar-refractivity contribution is 1.17. The highest BCUT2D eigenvalue weighted by Crippen LogP contribution is 2.30. The van der Waals surface area contributed by atoms with Crippen LogP contribution in [0.3, 0.4) is 0 Å². The van der Waals surface area contributed by atoms with E-state index in [9.17, 15) is 21.0 Å². The lowest BCUT2D eigenvalue weighted by Gasteiger charge is -2.10. The average Bonchev–Trinajstić information content (AvgIpc) is 2.83. The van der Waals surface area contributed by atoms with Gasteiger partial charge in [0.15, 0.2) is 22.8 Å². The summed E-state index contributed by atoms with van der Waals surface area (Å²) >= 11 is 0. The van der Waals surface area contributed by atoms with Crippen molar-refractivity contribution in [2.75, 3.05) is 14.1 Å². The highest BCUT2D eigenvalue weighted by molar-refractivity contribution is 6.18. The van der Waals surface area contributed by atoms with Gasteiger partial charge in [-0.25, -0.2) is 29.9 Å². The van der Waals surface area contributed by atoms with Gasteiger partial charge < -0.3 is 0 Å². The van der Waals surface area contributed by atoms with Crippen molar-refractivity contribution in [1.82, 2.24) is 29.9 Å². The van der Waals surface area contributed by atoms with Crippen molar-refractivity contribution in [2.24, 2.45) is 9.98 Å². The number of aliphatic imine (C=N–C) groups is 2. The Labute approximate surface area is 179 Å². The zero-order chi connectivity index (χ0) is 22.8. The normalized spacial score (nSPS) is 11.1. The summed E-state index contributed by atoms with van der Waals surface area (Å²) in [6.45, 7) is 0. The van der Waals surface area contributed by atoms with Crippen LogP contribution in [0.15, 0.2) is 9.98 Å². The van der Waals surface area contributed by atoms with Crippen LogP contribution in [-0.4, -0.2) is 56.4 Å². The Morgan fingerprint density at radius 2 is 0.781 bits per heavy atom. The molecule has 1 aromatic carbocycles. The van der Waals surface area contributed by atoms with Crippen molar-refractivity contribution in [1.29, 1.82) is 21.0 Å². The number of nitriles is 4. The summed E-state index contributed by atoms with van der Waals surface area (Å²) in [5, 5.41) is 37.8. The van der Waals surface area contributed by atoms with Crippen molar-refractivity contribution in [3.8, 4) is 24.3 Å². The van der Waals surface area contributed by atoms with Gasteiger partial charge in [0.25, 0.3) is 0 Å². The van der Waals surface area contributed by atoms with E-state index in [1.165, 1.54) is 26.5 Å². The molecular formula is C20H8N12. The summed E-state index contributed by atoms with van der Waals surface area (Å²) in [6, 6.07) is 7.56. The molecule has 12 nitrogen and oxygen atoms in total. The molecule has 0 atom stereocenters. The molecule has 4 rings (SSSR count). The lowest BCUT2D eigenvalue weighted by Crippen LogP contribution is -2.06. The van der Waals surface area contributed by atoms with Gasteiger partial charge in [0.05, 0.1) is 0 Å². The number of hydrogen-bond donors (Lipinski definition) is 0. The molecule has 0 saturated heterocycles. The van der Waals surface area contributed by atoms with Crippen molar-refractivity contribution >= 4 is 45.5 Å². The monoisotopic (exact) mass is 416 g/mol. The van der Waals surface area contributed by atoms with Crippen LogP contribution in [0.25, 0.3) is 33.1 Å². The third kappa shape index (κ3) is 2.89. The Hall–Kier alpha value is -5.46. The molecule has 0 fully saturated rings. The zero-order valence-electron chi connectivity index (χ0n) is 16.5. The molecule has 3 aromatic heterocycles. The third-order valence-electron chi connectivity index (χ3n) is 4.34. The van der Waals surface area contributed by atoms with E-state index in [-0.39, 0.29) is 67.3 Å². The van der Waals surface area contributed by atoms with Crippen molar-refractivity contribution in [2.45, 2.75) is 0 Å². The predicted octanol–water partition coefficient (Wildman–Crippen LogP) is 1.10. The van der Waals surface area contributed by atoms with Gasteiger partial charge in [0, 0.05) is 26.5 Å². The van der Waals surface area contributed by atoms with Crippen LogP contribution in [0.4, 0.5) is 0 Å². The molecule has 0 aliphatic carbocycles. The van der Waals surface area contributed by atoms with Crippen LogP contribution < -0.4 is 0 Å². The summed E-state index contributed by atoms with van der Waals surface area (Å²) in [7, 11) is 3.04. The van der Waals surface area contributed by atoms with E-state index in [1.54, 1.807) is 0 Å². The second-order valence-corrected chi connectivity index (χ2v) is 6.15. The first-order valence-electron chi connectivity index (χ1n) is 8.82. The molecule has 0 unspecified atom stereocenters. The van der Waals surface area contributed by atoms with Gasteiger partial charge in [-0.2, -0.15) is 21.0 Å². The number of benzene rings is 1. The first-order chi connectivity index (χ1) is 15.6. The van der Waals surface area contributed by atoms with E-state index >= 15 is 0 Å². The minimum absolute atomic E-state index is 0.0228. The van der Waals surface area contributed by atoms with Crippen LogP contribution in [0.1, 0.15) is 34.2 Å². The van der Waals surface area contributed by atoms with E-state index in [0.717, 1.165) is 0 Å². The first-order valence-corrected chi connectivity index (χ1v) is 8.82. The van der Waals surface area contributed by atoms with Gasteiger partial charge in [-0.05, 0) is 0 Å². The molecule has 0 aliphatic heterocycles. The van der Waals surface area contributed by atoms with E-state index in [2.05, 4.69) is 39.9 Å². The molecule has 148 valence electrons. The van der Waals surface area contributed by atoms with Gasteiger partial charge in [-0.15, -0.1) is 0 Å². The molecule has 0 bridgehead atoms. The molecule has 12 heteroatoms. The van der Waals surface area contributed by atoms with E-state index < -0.39 is 0 Å². The van der Waals surface area contributed by atoms with Crippen LogP contribution >= 0.6 is 0 Å². The highest BCUT2D eigenvalue weighted by Gasteiger charge is 2.22. The highest BCUT2D eigenvalue weighted by atomic mass is 14.9. The maximum atomic E-state index is 9.53. The Morgan fingerprint density at radius 3 is 1.06 bits per heavy atom. The molecule has 0 N–H and O–H groups in total. The van der Waals surface area contributed by atoms with E-state index in [1.807, 2.05) is 24.3 Å². The Kier molecular flexibility index (Phi) is 4.81. The summed E-state index contributed by atoms with van der Waals surface area (Å²) in [5.41, 5.74) is 0.823. The lowest BCUT2D eigenvalue weighted by atomic mass is 10.1. The van der Waals surface area contributed by atoms with Gasteiger partial charge in [-0.1, -0.05) is 0 Å². The number of aromatic nitrogens is 6. The third-order valence-corrected chi connectivity index (χ3v) is 4.34. The molecular weight excluding hydrogens is 408 g/mol. The minimum Gasteiger partial charge on any atom is -0.294 e. The number of fused-ring (bicyclic) bond motifs is 6. The topological polar surface area (TPSA) is 197 Å². The van der Waals surface area contributed by atoms with E-state index in [0.29, 0.717) is 0 Å². The second-order valence-electron chi connectivity index (χ2n) is 6.15. The Balaban J connectivity index is 2.38. The fourth-order valence-corrected chi connectivity index (χ4v) is 3.07. The Morgan fingerprint density at radius 1 is 0.500 bits per heavy atom. The first kappa shape index (κ1) is 19.8. The summed E-state index contributed by atoms with van der Waals surface area (Å²) < 4.78 is 0. The summed E-state index contributed by atoms with van der Waals surface area (Å²) in [4.78, 5) is 34.0. The SMILES string of the molecule is C/N=C/c1nc2c(nc1C#N)c1nc(C#N)c(C#N)nc1c1nc(C#N)c(/C=N/C)nc12. The number of nitrogens with zero attached hydrogens (tertiary/aromatic N) is 12. The Bertz CT molecular complexity index is 1560. The largest absolute Gasteiger partial charge is 0.294 e. The predicted molar refractivity (Wildman–Crippen MR) is 112 cm³/mol. The zero-order valence-corrected chi connectivity index (χ0v) is 16.5. The average molecular weight is 416 g/mol. The van der Waals surface area contributed by atoms with Crippen molar-refractivity contribution < 1.29 is 0 Å². The molecule has 0 radical (unpaired) electrons. The standard InChI is InChI=1S/C20H8N12/c1-25-7-13-11(5-23)29-17-15-16(28-10(4-22)9(3-21)27-15)18-20(19(17)31-13)32-14(8-26-2)12(6-24)30-18/h7-8H,1-2H3/b25-7+,26-8+. The fraction of sp³-hybridized carbons (Fsp3) is 0.100. The number of rotatable bonds is 2. The van der Waals surface area contributed by atoms with Crippen molar-refractivity contribution in [3.05, 3.63) is 34.2 Å². The van der Waals surface area contributed by atoms with Crippen LogP contribution in [0, 0.1) is 45.3 Å². The molecule has 4 aromatic rings. The molecule has 0 saturated carbocycles. The van der Waals surface area contributed by atoms with Crippen LogP contribution in [-0.2, 0) is 0 Å². The summed E-state index contributed by atoms with van der Waals surface area (Å²) in [6.07, 6.45) is 2.75. The fourth-order valence-electron chi connectivity index (χ4n) is 3.07. The van der Waals surface area contributed by atoms with Crippen LogP contribution in [0.5, 0.6) is 0 Å². The van der Waals surface area contributed by atoms with Crippen LogP contribution in [0.2, 0.25) is 0 Å². The quantitative estimate of drug-likeness (QED) is 0.337. The molecule has 0 aliphatic rings. The van der Waals surface area contributed by atoms with Gasteiger partial charge in [-0.3, -0.25) is 9.98 Å². The smallest absolute Gasteiger partial charge is 0.177 e. The van der Waals surface area contributed by atoms with Gasteiger partial charge in [0.1, 0.15) is 68.8 Å². The number of hydrogen-bond acceptors (Lipinski definition) is 12. The molecule has 32 heavy (non-hydrogen) atoms. The van der Waals surface area contributed by atoms with Gasteiger partial charge in [0.2, 0.25) is 0 Å². The molecule has 0 amide bonds. The van der Waals surface area contributed by atoms with Gasteiger partial charge >= 0.3 is 0 Å². The molecule has 3 heterocycles. The van der Waals surface area contributed by atoms with Crippen molar-refractivity contribution in [3.63, 3.8) is 0 Å². The molecule has 0 spiro atoms. The minimum atomic E-state index is -0.219. The maximum Gasteiger partial charge on any atom is 0.177 e.